The van der Waals surface area contributed by atoms with Crippen LogP contribution in [0.25, 0.3) is 0 Å². The standard InChI is InChI=1S/C12H12BrFN4O3S/c13-10-2-1-9(22-10)5-17-7-16-18(12(17)20)4-8(3-14)6-21-11(15)19/h1-3,7H,4-6H2,(H2,15,19). The Hall–Kier alpha value is -1.94. The summed E-state index contributed by atoms with van der Waals surface area (Å²) in [5.41, 5.74) is 4.50. The second kappa shape index (κ2) is 7.36. The van der Waals surface area contributed by atoms with Gasteiger partial charge in [0.05, 0.1) is 23.2 Å². The lowest BCUT2D eigenvalue weighted by atomic mass is 10.3. The molecule has 7 nitrogen and oxygen atoms in total. The summed E-state index contributed by atoms with van der Waals surface area (Å²) in [5.74, 6) is 0. The van der Waals surface area contributed by atoms with Crippen LogP contribution in [0.15, 0.2) is 38.9 Å². The monoisotopic (exact) mass is 390 g/mol. The molecule has 0 bridgehead atoms. The molecule has 2 N–H and O–H groups in total. The highest BCUT2D eigenvalue weighted by Crippen LogP contribution is 2.22. The van der Waals surface area contributed by atoms with Crippen LogP contribution in [0, 0.1) is 0 Å². The minimum absolute atomic E-state index is 0.0741. The number of aromatic nitrogens is 3. The molecular weight excluding hydrogens is 379 g/mol. The lowest BCUT2D eigenvalue weighted by Crippen LogP contribution is -2.26. The van der Waals surface area contributed by atoms with Gasteiger partial charge in [-0.25, -0.2) is 18.7 Å². The Morgan fingerprint density at radius 2 is 2.32 bits per heavy atom. The first-order valence-corrected chi connectivity index (χ1v) is 7.67. The molecule has 2 rings (SSSR count). The van der Waals surface area contributed by atoms with Gasteiger partial charge in [0.1, 0.15) is 12.9 Å². The Labute approximate surface area is 136 Å². The van der Waals surface area contributed by atoms with E-state index in [0.29, 0.717) is 6.54 Å². The molecule has 0 radical (unpaired) electrons. The smallest absolute Gasteiger partial charge is 0.404 e. The van der Waals surface area contributed by atoms with Gasteiger partial charge in [-0.05, 0) is 28.1 Å². The molecule has 0 aliphatic heterocycles. The Morgan fingerprint density at radius 3 is 2.91 bits per heavy atom. The summed E-state index contributed by atoms with van der Waals surface area (Å²) in [7, 11) is 0. The van der Waals surface area contributed by atoms with Crippen LogP contribution in [0.1, 0.15) is 4.88 Å². The van der Waals surface area contributed by atoms with Gasteiger partial charge in [-0.15, -0.1) is 11.3 Å². The minimum atomic E-state index is -1.01. The maximum atomic E-state index is 12.7. The first-order chi connectivity index (χ1) is 10.5. The number of hydrogen-bond acceptors (Lipinski definition) is 5. The highest BCUT2D eigenvalue weighted by Gasteiger charge is 2.10. The zero-order chi connectivity index (χ0) is 16.1. The second-order valence-corrected chi connectivity index (χ2v) is 6.83. The van der Waals surface area contributed by atoms with Gasteiger partial charge in [0.15, 0.2) is 0 Å². The van der Waals surface area contributed by atoms with Crippen molar-refractivity contribution in [2.24, 2.45) is 5.73 Å². The Bertz CT molecular complexity index is 752. The normalized spacial score (nSPS) is 11.6. The molecule has 1 amide bonds. The molecule has 0 atom stereocenters. The Morgan fingerprint density at radius 1 is 1.55 bits per heavy atom. The molecule has 0 aliphatic carbocycles. The Balaban J connectivity index is 2.07. The predicted molar refractivity (Wildman–Crippen MR) is 82.3 cm³/mol. The van der Waals surface area contributed by atoms with Crippen molar-refractivity contribution in [2.75, 3.05) is 6.61 Å². The van der Waals surface area contributed by atoms with Gasteiger partial charge in [-0.3, -0.25) is 4.57 Å². The molecule has 2 heterocycles. The van der Waals surface area contributed by atoms with Crippen molar-refractivity contribution in [2.45, 2.75) is 13.1 Å². The summed E-state index contributed by atoms with van der Waals surface area (Å²) in [6.45, 7) is -0.0751. The molecule has 2 aromatic heterocycles. The van der Waals surface area contributed by atoms with Crippen molar-refractivity contribution in [3.05, 3.63) is 49.5 Å². The maximum absolute atomic E-state index is 12.7. The number of carbonyl (C=O) groups is 1. The third-order valence-electron chi connectivity index (χ3n) is 2.66. The van der Waals surface area contributed by atoms with Crippen molar-refractivity contribution in [1.29, 1.82) is 0 Å². The van der Waals surface area contributed by atoms with E-state index in [-0.39, 0.29) is 30.7 Å². The van der Waals surface area contributed by atoms with E-state index in [1.807, 2.05) is 12.1 Å². The van der Waals surface area contributed by atoms with Crippen LogP contribution in [-0.2, 0) is 17.8 Å². The van der Waals surface area contributed by atoms with Crippen molar-refractivity contribution >= 4 is 33.4 Å². The molecule has 0 aromatic carbocycles. The zero-order valence-corrected chi connectivity index (χ0v) is 13.6. The zero-order valence-electron chi connectivity index (χ0n) is 11.2. The summed E-state index contributed by atoms with van der Waals surface area (Å²) in [5, 5.41) is 3.91. The quantitative estimate of drug-likeness (QED) is 0.814. The maximum Gasteiger partial charge on any atom is 0.404 e. The van der Waals surface area contributed by atoms with Gasteiger partial charge < -0.3 is 10.5 Å². The summed E-state index contributed by atoms with van der Waals surface area (Å²) in [6.07, 6.45) is 0.631. The first-order valence-electron chi connectivity index (χ1n) is 6.06. The van der Waals surface area contributed by atoms with Crippen molar-refractivity contribution < 1.29 is 13.9 Å². The average Bonchev–Trinajstić information content (AvgIpc) is 3.03. The number of nitrogens with two attached hydrogens (primary N) is 1. The van der Waals surface area contributed by atoms with Crippen LogP contribution in [0.2, 0.25) is 0 Å². The fraction of sp³-hybridized carbons (Fsp3) is 0.250. The number of thiophene rings is 1. The van der Waals surface area contributed by atoms with Crippen LogP contribution in [0.4, 0.5) is 9.18 Å². The first kappa shape index (κ1) is 16.4. The predicted octanol–water partition coefficient (Wildman–Crippen LogP) is 1.87. The molecule has 10 heteroatoms. The van der Waals surface area contributed by atoms with Crippen LogP contribution in [0.3, 0.4) is 0 Å². The van der Waals surface area contributed by atoms with Crippen LogP contribution < -0.4 is 11.4 Å². The van der Waals surface area contributed by atoms with E-state index < -0.39 is 6.09 Å². The lowest BCUT2D eigenvalue weighted by Gasteiger charge is -2.05. The van der Waals surface area contributed by atoms with E-state index in [1.54, 1.807) is 0 Å². The number of primary amides is 1. The number of ether oxygens (including phenoxy) is 1. The van der Waals surface area contributed by atoms with E-state index in [1.165, 1.54) is 22.2 Å². The van der Waals surface area contributed by atoms with Crippen molar-refractivity contribution in [3.8, 4) is 0 Å². The van der Waals surface area contributed by atoms with Gasteiger partial charge in [0, 0.05) is 10.5 Å². The number of halogens is 2. The number of hydrogen-bond donors (Lipinski definition) is 1. The number of nitrogens with zero attached hydrogens (tertiary/aromatic N) is 3. The molecule has 0 unspecified atom stereocenters. The van der Waals surface area contributed by atoms with Gasteiger partial charge in [-0.2, -0.15) is 5.10 Å². The fourth-order valence-corrected chi connectivity index (χ4v) is 3.14. The van der Waals surface area contributed by atoms with E-state index in [9.17, 15) is 14.0 Å². The van der Waals surface area contributed by atoms with E-state index >= 15 is 0 Å². The Kier molecular flexibility index (Phi) is 5.50. The van der Waals surface area contributed by atoms with Crippen LogP contribution in [0.5, 0.6) is 0 Å². The number of rotatable bonds is 6. The largest absolute Gasteiger partial charge is 0.445 e. The van der Waals surface area contributed by atoms with Gasteiger partial charge in [0.25, 0.3) is 0 Å². The molecule has 0 saturated heterocycles. The molecule has 0 fully saturated rings. The summed E-state index contributed by atoms with van der Waals surface area (Å²) in [6, 6.07) is 3.78. The summed E-state index contributed by atoms with van der Waals surface area (Å²) in [4.78, 5) is 23.6. The number of carbonyl (C=O) groups excluding carboxylic acids is 1. The lowest BCUT2D eigenvalue weighted by molar-refractivity contribution is 0.164. The summed E-state index contributed by atoms with van der Waals surface area (Å²) < 4.78 is 20.7. The third kappa shape index (κ3) is 4.28. The molecule has 2 aromatic rings. The highest BCUT2D eigenvalue weighted by molar-refractivity contribution is 9.11. The van der Waals surface area contributed by atoms with Crippen LogP contribution >= 0.6 is 27.3 Å². The van der Waals surface area contributed by atoms with Gasteiger partial charge in [-0.1, -0.05) is 0 Å². The van der Waals surface area contributed by atoms with Crippen LogP contribution in [-0.4, -0.2) is 27.0 Å². The molecule has 22 heavy (non-hydrogen) atoms. The molecule has 0 saturated carbocycles. The molecule has 0 aliphatic rings. The van der Waals surface area contributed by atoms with Gasteiger partial charge >= 0.3 is 11.8 Å². The fourth-order valence-electron chi connectivity index (χ4n) is 1.66. The SMILES string of the molecule is NC(=O)OCC(=CF)Cn1ncn(Cc2ccc(Br)s2)c1=O. The topological polar surface area (TPSA) is 92.1 Å². The second-order valence-electron chi connectivity index (χ2n) is 4.28. The number of amides is 1. The average molecular weight is 391 g/mol. The van der Waals surface area contributed by atoms with E-state index in [2.05, 4.69) is 25.8 Å². The van der Waals surface area contributed by atoms with E-state index in [4.69, 9.17) is 5.73 Å². The minimum Gasteiger partial charge on any atom is -0.445 e. The van der Waals surface area contributed by atoms with E-state index in [0.717, 1.165) is 13.3 Å². The summed E-state index contributed by atoms with van der Waals surface area (Å²) >= 11 is 4.86. The van der Waals surface area contributed by atoms with Crippen molar-refractivity contribution in [1.82, 2.24) is 14.3 Å². The highest BCUT2D eigenvalue weighted by atomic mass is 79.9. The van der Waals surface area contributed by atoms with Gasteiger partial charge in [0.2, 0.25) is 0 Å². The van der Waals surface area contributed by atoms with Crippen molar-refractivity contribution in [3.63, 3.8) is 0 Å². The molecular formula is C12H12BrFN4O3S. The molecule has 0 spiro atoms. The third-order valence-corrected chi connectivity index (χ3v) is 4.27. The molecule has 118 valence electrons.